The standard InChI is InChI=1S/C25H27FN6O2/c1-3-7-21-22(15-26)32(23(33)8-4-2)25(34)31(21)16-17-11-13-18(14-12-17)19-9-5-6-10-20(19)24-27-29-30-28-24/h5-6,9-14H,3-4,7-8,15-16H2,1-2H3,(H,27,28,29,30). The Morgan fingerprint density at radius 3 is 2.35 bits per heavy atom. The number of imidazole rings is 1. The van der Waals surface area contributed by atoms with Crippen LogP contribution in [0, 0.1) is 0 Å². The number of H-pyrrole nitrogens is 1. The lowest BCUT2D eigenvalue weighted by molar-refractivity contribution is 0.0891. The average molecular weight is 463 g/mol. The minimum atomic E-state index is -0.848. The zero-order valence-electron chi connectivity index (χ0n) is 19.3. The first-order valence-corrected chi connectivity index (χ1v) is 11.4. The van der Waals surface area contributed by atoms with Crippen LogP contribution >= 0.6 is 0 Å². The first-order chi connectivity index (χ1) is 16.6. The summed E-state index contributed by atoms with van der Waals surface area (Å²) in [6.07, 6.45) is 2.07. The number of rotatable bonds is 9. The second-order valence-corrected chi connectivity index (χ2v) is 8.12. The summed E-state index contributed by atoms with van der Waals surface area (Å²) in [6, 6.07) is 15.6. The molecule has 0 aliphatic heterocycles. The molecule has 0 radical (unpaired) electrons. The molecule has 0 unspecified atom stereocenters. The summed E-state index contributed by atoms with van der Waals surface area (Å²) in [5, 5.41) is 14.1. The van der Waals surface area contributed by atoms with Crippen LogP contribution in [0.2, 0.25) is 0 Å². The quantitative estimate of drug-likeness (QED) is 0.397. The molecule has 0 saturated heterocycles. The molecular weight excluding hydrogens is 435 g/mol. The molecule has 9 heteroatoms. The molecule has 4 aromatic rings. The number of aromatic amines is 1. The molecule has 34 heavy (non-hydrogen) atoms. The van der Waals surface area contributed by atoms with Crippen molar-refractivity contribution >= 4 is 5.91 Å². The number of hydrogen-bond donors (Lipinski definition) is 1. The Balaban J connectivity index is 1.69. The van der Waals surface area contributed by atoms with Crippen molar-refractivity contribution in [1.82, 2.24) is 29.8 Å². The fraction of sp³-hybridized carbons (Fsp3) is 0.320. The van der Waals surface area contributed by atoms with Gasteiger partial charge in [-0.25, -0.2) is 18.9 Å². The Hall–Kier alpha value is -3.88. The van der Waals surface area contributed by atoms with E-state index in [1.807, 2.05) is 62.4 Å². The number of benzene rings is 2. The van der Waals surface area contributed by atoms with Crippen LogP contribution in [0.4, 0.5) is 4.39 Å². The molecule has 0 bridgehead atoms. The van der Waals surface area contributed by atoms with E-state index in [4.69, 9.17) is 0 Å². The number of carbonyl (C=O) groups is 1. The Labute approximate surface area is 196 Å². The second kappa shape index (κ2) is 10.4. The minimum Gasteiger partial charge on any atom is -0.291 e. The highest BCUT2D eigenvalue weighted by atomic mass is 19.1. The highest BCUT2D eigenvalue weighted by Crippen LogP contribution is 2.30. The number of nitrogens with one attached hydrogen (secondary N) is 1. The van der Waals surface area contributed by atoms with Gasteiger partial charge in [-0.3, -0.25) is 9.36 Å². The summed E-state index contributed by atoms with van der Waals surface area (Å²) in [7, 11) is 0. The van der Waals surface area contributed by atoms with Gasteiger partial charge in [0.2, 0.25) is 5.91 Å². The number of hydrogen-bond acceptors (Lipinski definition) is 5. The minimum absolute atomic E-state index is 0.177. The van der Waals surface area contributed by atoms with Crippen LogP contribution in [-0.4, -0.2) is 35.7 Å². The van der Waals surface area contributed by atoms with E-state index in [0.29, 0.717) is 24.4 Å². The fourth-order valence-electron chi connectivity index (χ4n) is 4.22. The van der Waals surface area contributed by atoms with Crippen molar-refractivity contribution in [2.45, 2.75) is 52.8 Å². The van der Waals surface area contributed by atoms with Gasteiger partial charge in [0.15, 0.2) is 5.82 Å². The van der Waals surface area contributed by atoms with Gasteiger partial charge in [0.1, 0.15) is 6.67 Å². The SMILES string of the molecule is CCCC(=O)n1c(CF)c(CCC)n(Cc2ccc(-c3ccccc3-c3nnn[nH]3)cc2)c1=O. The lowest BCUT2D eigenvalue weighted by Crippen LogP contribution is -2.30. The molecule has 4 rings (SSSR count). The van der Waals surface area contributed by atoms with Crippen molar-refractivity contribution in [2.75, 3.05) is 0 Å². The summed E-state index contributed by atoms with van der Waals surface area (Å²) in [6.45, 7) is 3.25. The van der Waals surface area contributed by atoms with Crippen molar-refractivity contribution in [3.63, 3.8) is 0 Å². The van der Waals surface area contributed by atoms with E-state index in [1.54, 1.807) is 0 Å². The van der Waals surface area contributed by atoms with Crippen LogP contribution in [0.5, 0.6) is 0 Å². The van der Waals surface area contributed by atoms with Gasteiger partial charge >= 0.3 is 5.69 Å². The van der Waals surface area contributed by atoms with E-state index in [9.17, 15) is 14.0 Å². The zero-order valence-corrected chi connectivity index (χ0v) is 19.3. The van der Waals surface area contributed by atoms with Crippen molar-refractivity contribution in [1.29, 1.82) is 0 Å². The van der Waals surface area contributed by atoms with E-state index in [1.165, 1.54) is 4.57 Å². The zero-order chi connectivity index (χ0) is 24.1. The number of alkyl halides is 1. The Kier molecular flexibility index (Phi) is 7.10. The van der Waals surface area contributed by atoms with Crippen molar-refractivity contribution < 1.29 is 9.18 Å². The molecule has 0 atom stereocenters. The molecule has 2 aromatic heterocycles. The van der Waals surface area contributed by atoms with Gasteiger partial charge in [0.05, 0.1) is 12.2 Å². The van der Waals surface area contributed by atoms with Crippen molar-refractivity contribution in [3.8, 4) is 22.5 Å². The third-order valence-electron chi connectivity index (χ3n) is 5.81. The van der Waals surface area contributed by atoms with Crippen molar-refractivity contribution in [3.05, 3.63) is 76.0 Å². The third-order valence-corrected chi connectivity index (χ3v) is 5.81. The Morgan fingerprint density at radius 2 is 1.74 bits per heavy atom. The predicted octanol–water partition coefficient (Wildman–Crippen LogP) is 4.41. The van der Waals surface area contributed by atoms with Gasteiger partial charge in [-0.15, -0.1) is 5.10 Å². The Morgan fingerprint density at radius 1 is 1.00 bits per heavy atom. The van der Waals surface area contributed by atoms with Crippen LogP contribution in [0.1, 0.15) is 54.9 Å². The average Bonchev–Trinajstić information content (AvgIpc) is 3.48. The van der Waals surface area contributed by atoms with Crippen LogP contribution in [0.25, 0.3) is 22.5 Å². The third kappa shape index (κ3) is 4.46. The summed E-state index contributed by atoms with van der Waals surface area (Å²) >= 11 is 0. The van der Waals surface area contributed by atoms with E-state index in [-0.39, 0.29) is 24.6 Å². The maximum Gasteiger partial charge on any atom is 0.335 e. The highest BCUT2D eigenvalue weighted by Gasteiger charge is 2.23. The van der Waals surface area contributed by atoms with Crippen LogP contribution in [-0.2, 0) is 19.6 Å². The molecule has 0 aliphatic carbocycles. The van der Waals surface area contributed by atoms with Gasteiger partial charge in [-0.2, -0.15) is 0 Å². The largest absolute Gasteiger partial charge is 0.335 e. The highest BCUT2D eigenvalue weighted by molar-refractivity contribution is 5.80. The smallest absolute Gasteiger partial charge is 0.291 e. The first kappa shape index (κ1) is 23.3. The van der Waals surface area contributed by atoms with Gasteiger partial charge in [0.25, 0.3) is 0 Å². The van der Waals surface area contributed by atoms with Crippen LogP contribution in [0.3, 0.4) is 0 Å². The van der Waals surface area contributed by atoms with Gasteiger partial charge in [0, 0.05) is 17.7 Å². The summed E-state index contributed by atoms with van der Waals surface area (Å²) in [5.74, 6) is 0.220. The number of carbonyl (C=O) groups excluding carboxylic acids is 1. The predicted molar refractivity (Wildman–Crippen MR) is 127 cm³/mol. The molecule has 2 aromatic carbocycles. The van der Waals surface area contributed by atoms with Gasteiger partial charge in [-0.05, 0) is 40.0 Å². The lowest BCUT2D eigenvalue weighted by Gasteiger charge is -2.10. The van der Waals surface area contributed by atoms with E-state index in [2.05, 4.69) is 20.6 Å². The molecule has 0 amide bonds. The molecule has 0 spiro atoms. The molecule has 0 fully saturated rings. The number of aromatic nitrogens is 6. The summed E-state index contributed by atoms with van der Waals surface area (Å²) in [5.41, 5.74) is 3.99. The Bertz CT molecular complexity index is 1320. The van der Waals surface area contributed by atoms with Crippen LogP contribution in [0.15, 0.2) is 53.3 Å². The fourth-order valence-corrected chi connectivity index (χ4v) is 4.22. The van der Waals surface area contributed by atoms with Crippen molar-refractivity contribution in [2.24, 2.45) is 0 Å². The molecule has 8 nitrogen and oxygen atoms in total. The number of halogens is 1. The van der Waals surface area contributed by atoms with E-state index >= 15 is 0 Å². The molecule has 1 N–H and O–H groups in total. The lowest BCUT2D eigenvalue weighted by atomic mass is 9.98. The second-order valence-electron chi connectivity index (χ2n) is 8.12. The van der Waals surface area contributed by atoms with Gasteiger partial charge < -0.3 is 0 Å². The van der Waals surface area contributed by atoms with E-state index < -0.39 is 12.4 Å². The van der Waals surface area contributed by atoms with Crippen LogP contribution < -0.4 is 5.69 Å². The first-order valence-electron chi connectivity index (χ1n) is 11.4. The number of tetrazole rings is 1. The monoisotopic (exact) mass is 462 g/mol. The molecule has 176 valence electrons. The normalized spacial score (nSPS) is 11.1. The molecular formula is C25H27FN6O2. The number of nitrogens with zero attached hydrogens (tertiary/aromatic N) is 5. The van der Waals surface area contributed by atoms with E-state index in [0.717, 1.165) is 33.2 Å². The summed E-state index contributed by atoms with van der Waals surface area (Å²) < 4.78 is 16.5. The molecule has 0 saturated carbocycles. The maximum atomic E-state index is 14.0. The summed E-state index contributed by atoms with van der Waals surface area (Å²) in [4.78, 5) is 25.7. The maximum absolute atomic E-state index is 14.0. The molecule has 2 heterocycles. The van der Waals surface area contributed by atoms with Gasteiger partial charge in [-0.1, -0.05) is 68.8 Å². The topological polar surface area (TPSA) is 98.5 Å². The molecule has 0 aliphatic rings.